The molecule has 0 aliphatic carbocycles. The van der Waals surface area contributed by atoms with Gasteiger partial charge in [0.15, 0.2) is 70.4 Å². The molecule has 0 spiro atoms. The van der Waals surface area contributed by atoms with E-state index in [0.717, 1.165) is 0 Å². The van der Waals surface area contributed by atoms with E-state index in [1.54, 1.807) is 10.9 Å². The molecule has 4 aromatic heterocycles. The van der Waals surface area contributed by atoms with Gasteiger partial charge in [-0.2, -0.15) is 0 Å². The average Bonchev–Trinajstić information content (AvgIpc) is 3.90. The molecule has 3 aliphatic heterocycles. The Hall–Kier alpha value is -2.59. The van der Waals surface area contributed by atoms with Gasteiger partial charge in [0, 0.05) is 13.1 Å². The van der Waals surface area contributed by atoms with Gasteiger partial charge in [0.2, 0.25) is 11.8 Å². The summed E-state index contributed by atoms with van der Waals surface area (Å²) in [5.74, 6) is 0.904. The summed E-state index contributed by atoms with van der Waals surface area (Å²) in [6.45, 7) is 1.72. The number of aromatic nitrogens is 8. The third-order valence-electron chi connectivity index (χ3n) is 8.77. The monoisotopic (exact) mass is 788 g/mol. The zero-order valence-electron chi connectivity index (χ0n) is 25.9. The van der Waals surface area contributed by atoms with Crippen LogP contribution in [0.4, 0.5) is 16.0 Å². The highest BCUT2D eigenvalue weighted by Gasteiger charge is 2.68. The molecular weight excluding hydrogens is 757 g/mol. The first-order chi connectivity index (χ1) is 24.2. The van der Waals surface area contributed by atoms with Crippen LogP contribution in [-0.2, 0) is 39.6 Å². The molecule has 0 aromatic carbocycles. The first-order valence-corrected chi connectivity index (χ1v) is 20.9. The Balaban J connectivity index is 0.984. The number of imidazole rings is 2. The van der Waals surface area contributed by atoms with Gasteiger partial charge in [-0.15, -0.1) is 9.05 Å². The van der Waals surface area contributed by atoms with E-state index < -0.39 is 74.7 Å². The fourth-order valence-corrected chi connectivity index (χ4v) is 8.29. The number of rotatable bonds is 14. The number of anilines is 2. The van der Waals surface area contributed by atoms with E-state index >= 15 is 4.39 Å². The van der Waals surface area contributed by atoms with Crippen molar-refractivity contribution >= 4 is 83.6 Å². The van der Waals surface area contributed by atoms with Crippen LogP contribution in [0.1, 0.15) is 19.4 Å². The predicted molar refractivity (Wildman–Crippen MR) is 187 cm³/mol. The SMILES string of the molecule is C[C@@H]1O[C@H]2[C@H](n3cnc4c(NC/C=C/CNc5ncnc6c5ncn6[C@@H]5O[C@H](CO)[C@@H](O[P+](=O)S)[C@H]5F)ncnc43)O[C@]1(CO)[C@H]2O[P+](=S)S. The molecule has 18 nitrogen and oxygen atoms in total. The molecule has 7 heterocycles. The second-order valence-corrected chi connectivity index (χ2v) is 16.7. The maximum Gasteiger partial charge on any atom is 0.582 e. The molecule has 0 radical (unpaired) electrons. The fraction of sp³-hybridized carbons (Fsp3) is 0.538. The molecule has 4 aromatic rings. The number of alkyl halides is 1. The zero-order chi connectivity index (χ0) is 35.2. The number of ether oxygens (including phenoxy) is 3. The number of fused-ring (bicyclic) bond motifs is 4. The van der Waals surface area contributed by atoms with Crippen molar-refractivity contribution < 1.29 is 42.4 Å². The summed E-state index contributed by atoms with van der Waals surface area (Å²) in [5, 5.41) is 26.3. The minimum atomic E-state index is -2.42. The summed E-state index contributed by atoms with van der Waals surface area (Å²) < 4.78 is 59.0. The van der Waals surface area contributed by atoms with Gasteiger partial charge in [-0.3, -0.25) is 9.13 Å². The van der Waals surface area contributed by atoms with Crippen LogP contribution in [0.25, 0.3) is 22.3 Å². The highest BCUT2D eigenvalue weighted by atomic mass is 32.9. The van der Waals surface area contributed by atoms with E-state index in [4.69, 9.17) is 35.1 Å². The summed E-state index contributed by atoms with van der Waals surface area (Å²) in [6, 6.07) is 0. The number of aliphatic hydroxyl groups excluding tert-OH is 2. The van der Waals surface area contributed by atoms with Crippen LogP contribution in [0.2, 0.25) is 0 Å². The lowest BCUT2D eigenvalue weighted by molar-refractivity contribution is -0.216. The summed E-state index contributed by atoms with van der Waals surface area (Å²) >= 11 is 13.1. The van der Waals surface area contributed by atoms with Crippen LogP contribution in [0.3, 0.4) is 0 Å². The van der Waals surface area contributed by atoms with Crippen molar-refractivity contribution in [3.05, 3.63) is 37.5 Å². The van der Waals surface area contributed by atoms with Gasteiger partial charge in [0.25, 0.3) is 0 Å². The Bertz CT molecular complexity index is 1950. The molecule has 0 saturated carbocycles. The van der Waals surface area contributed by atoms with Crippen molar-refractivity contribution in [3.63, 3.8) is 0 Å². The standard InChI is InChI=1S/C26H29FN10O8P2S3/c1-12-26(7-39)19(45-47(49)50)18(41-12)25(43-26)37-11-35-16-21(31-9-33-23(16)37)29-5-3-2-4-28-20-15-22(32-8-30-20)36(10-34-15)24-14(27)17(44-46(40)48)13(6-38)42-24/h2-3,8-14,17-19,24-25,38-39H,4-7H2,1H3,(H2-2,28,29,30,31,32,33,40,48,49,50)/p+2/b3-2+/t12-,13+,14+,17+,18+,19-,24+,25+,26-/m0/s1. The third-order valence-corrected chi connectivity index (χ3v) is 10.4. The minimum absolute atomic E-state index is 0.291. The molecule has 50 heavy (non-hydrogen) atoms. The van der Waals surface area contributed by atoms with Crippen LogP contribution in [0.5, 0.6) is 0 Å². The van der Waals surface area contributed by atoms with Gasteiger partial charge in [0.1, 0.15) is 49.4 Å². The van der Waals surface area contributed by atoms with Crippen molar-refractivity contribution in [2.45, 2.75) is 61.7 Å². The van der Waals surface area contributed by atoms with Gasteiger partial charge in [-0.1, -0.05) is 12.2 Å². The number of nitrogens with zero attached hydrogens (tertiary/aromatic N) is 8. The van der Waals surface area contributed by atoms with Crippen molar-refractivity contribution in [2.75, 3.05) is 36.9 Å². The van der Waals surface area contributed by atoms with Gasteiger partial charge in [0.05, 0.1) is 32.0 Å². The van der Waals surface area contributed by atoms with E-state index in [9.17, 15) is 14.8 Å². The van der Waals surface area contributed by atoms with Crippen molar-refractivity contribution in [2.24, 2.45) is 0 Å². The van der Waals surface area contributed by atoms with E-state index in [1.165, 1.54) is 23.5 Å². The van der Waals surface area contributed by atoms with E-state index in [0.29, 0.717) is 47.1 Å². The van der Waals surface area contributed by atoms with E-state index in [-0.39, 0.29) is 6.61 Å². The summed E-state index contributed by atoms with van der Waals surface area (Å²) in [6.07, 6.45) is 0.372. The molecule has 4 N–H and O–H groups in total. The number of halogens is 1. The smallest absolute Gasteiger partial charge is 0.394 e. The quantitative estimate of drug-likeness (QED) is 0.0615. The zero-order valence-corrected chi connectivity index (χ0v) is 30.3. The predicted octanol–water partition coefficient (Wildman–Crippen LogP) is 2.38. The highest BCUT2D eigenvalue weighted by Crippen LogP contribution is 2.53. The van der Waals surface area contributed by atoms with Crippen molar-refractivity contribution in [1.29, 1.82) is 0 Å². The Morgan fingerprint density at radius 3 is 2.12 bits per heavy atom. The maximum atomic E-state index is 15.3. The third kappa shape index (κ3) is 6.39. The number of nitrogens with one attached hydrogen (secondary N) is 2. The maximum absolute atomic E-state index is 15.3. The van der Waals surface area contributed by atoms with Crippen LogP contribution in [-0.4, -0.2) is 118 Å². The molecule has 0 amide bonds. The molecule has 11 atom stereocenters. The number of thiol groups is 2. The first kappa shape index (κ1) is 35.8. The largest absolute Gasteiger partial charge is 0.582 e. The van der Waals surface area contributed by atoms with Crippen LogP contribution >= 0.6 is 37.9 Å². The number of hydrogen-bond acceptors (Lipinski definition) is 17. The fourth-order valence-electron chi connectivity index (χ4n) is 6.43. The summed E-state index contributed by atoms with van der Waals surface area (Å²) in [5.41, 5.74) is 0.578. The number of hydrogen-bond donors (Lipinski definition) is 6. The van der Waals surface area contributed by atoms with Gasteiger partial charge in [-0.05, 0) is 11.5 Å². The first-order valence-electron chi connectivity index (χ1n) is 15.1. The van der Waals surface area contributed by atoms with Gasteiger partial charge < -0.3 is 35.1 Å². The lowest BCUT2D eigenvalue weighted by Crippen LogP contribution is -2.49. The Morgan fingerprint density at radius 1 is 0.980 bits per heavy atom. The van der Waals surface area contributed by atoms with Crippen LogP contribution in [0.15, 0.2) is 37.5 Å². The van der Waals surface area contributed by atoms with Crippen molar-refractivity contribution in [1.82, 2.24) is 39.0 Å². The second kappa shape index (κ2) is 14.8. The second-order valence-electron chi connectivity index (χ2n) is 11.5. The molecule has 266 valence electrons. The molecule has 3 saturated heterocycles. The molecule has 3 fully saturated rings. The molecule has 2 unspecified atom stereocenters. The van der Waals surface area contributed by atoms with Gasteiger partial charge in [-0.25, -0.2) is 34.3 Å². The molecule has 3 aliphatic rings. The number of aliphatic hydroxyl groups is 2. The Kier molecular flexibility index (Phi) is 10.6. The van der Waals surface area contributed by atoms with E-state index in [2.05, 4.69) is 65.0 Å². The average molecular weight is 789 g/mol. The molecule has 2 bridgehead atoms. The van der Waals surface area contributed by atoms with E-state index in [1.807, 2.05) is 19.1 Å². The molecule has 7 rings (SSSR count). The lowest BCUT2D eigenvalue weighted by Gasteiger charge is -2.34. The normalized spacial score (nSPS) is 31.3. The van der Waals surface area contributed by atoms with Crippen molar-refractivity contribution in [3.8, 4) is 0 Å². The highest BCUT2D eigenvalue weighted by molar-refractivity contribution is 8.54. The summed E-state index contributed by atoms with van der Waals surface area (Å²) in [7, 11) is -2.42. The molecule has 24 heteroatoms. The van der Waals surface area contributed by atoms with Gasteiger partial charge >= 0.3 is 13.4 Å². The topological polar surface area (TPSA) is 215 Å². The summed E-state index contributed by atoms with van der Waals surface area (Å²) in [4.78, 5) is 26.1. The molecular formula is C26H31FN10O8P2S3+2. The van der Waals surface area contributed by atoms with Crippen LogP contribution < -0.4 is 10.6 Å². The minimum Gasteiger partial charge on any atom is -0.394 e. The van der Waals surface area contributed by atoms with Crippen LogP contribution in [0, 0.1) is 0 Å². The Labute approximate surface area is 300 Å². The Morgan fingerprint density at radius 2 is 1.58 bits per heavy atom. The lowest BCUT2D eigenvalue weighted by atomic mass is 9.94.